The van der Waals surface area contributed by atoms with Gasteiger partial charge in [0, 0.05) is 11.8 Å². The van der Waals surface area contributed by atoms with Gasteiger partial charge < -0.3 is 4.74 Å². The number of carbonyl (C=O) groups is 1. The predicted octanol–water partition coefficient (Wildman–Crippen LogP) is 3.86. The molecule has 3 heteroatoms. The third-order valence-electron chi connectivity index (χ3n) is 3.02. The van der Waals surface area contributed by atoms with E-state index in [1.54, 1.807) is 12.3 Å². The van der Waals surface area contributed by atoms with Gasteiger partial charge in [0.15, 0.2) is 5.78 Å². The van der Waals surface area contributed by atoms with Crippen molar-refractivity contribution in [1.29, 1.82) is 0 Å². The van der Waals surface area contributed by atoms with Crippen molar-refractivity contribution in [2.24, 2.45) is 0 Å². The first-order chi connectivity index (χ1) is 9.58. The van der Waals surface area contributed by atoms with E-state index in [-0.39, 0.29) is 17.8 Å². The fraction of sp³-hybridized carbons (Fsp3) is 0.294. The molecular weight excluding hydrogens is 250 g/mol. The van der Waals surface area contributed by atoms with Crippen LogP contribution in [0.4, 0.5) is 0 Å². The molecule has 0 saturated heterocycles. The van der Waals surface area contributed by atoms with Crippen molar-refractivity contribution in [3.63, 3.8) is 0 Å². The van der Waals surface area contributed by atoms with Crippen LogP contribution < -0.4 is 4.74 Å². The number of nitrogens with zero attached hydrogens (tertiary/aromatic N) is 1. The van der Waals surface area contributed by atoms with Gasteiger partial charge >= 0.3 is 0 Å². The lowest BCUT2D eigenvalue weighted by atomic mass is 9.96. The number of hydrogen-bond acceptors (Lipinski definition) is 3. The summed E-state index contributed by atoms with van der Waals surface area (Å²) >= 11 is 0. The summed E-state index contributed by atoms with van der Waals surface area (Å²) < 4.78 is 5.62. The van der Waals surface area contributed by atoms with Gasteiger partial charge in [-0.3, -0.25) is 9.78 Å². The SMILES string of the molecule is CC(C)Oc1cccc(C(=O)C(C)c2ccccn2)c1. The Balaban J connectivity index is 2.21. The molecule has 2 rings (SSSR count). The van der Waals surface area contributed by atoms with Crippen molar-refractivity contribution >= 4 is 5.78 Å². The summed E-state index contributed by atoms with van der Waals surface area (Å²) in [4.78, 5) is 16.7. The van der Waals surface area contributed by atoms with E-state index in [0.717, 1.165) is 11.4 Å². The second-order valence-electron chi connectivity index (χ2n) is 5.03. The minimum atomic E-state index is -0.259. The first-order valence-electron chi connectivity index (χ1n) is 6.80. The summed E-state index contributed by atoms with van der Waals surface area (Å²) in [6.07, 6.45) is 1.80. The maximum atomic E-state index is 12.5. The Morgan fingerprint density at radius 3 is 2.55 bits per heavy atom. The monoisotopic (exact) mass is 269 g/mol. The molecule has 0 bridgehead atoms. The number of aromatic nitrogens is 1. The first-order valence-corrected chi connectivity index (χ1v) is 6.80. The standard InChI is InChI=1S/C17H19NO2/c1-12(2)20-15-8-6-7-14(11-15)17(19)13(3)16-9-4-5-10-18-16/h4-13H,1-3H3. The average Bonchev–Trinajstić information content (AvgIpc) is 2.46. The van der Waals surface area contributed by atoms with Gasteiger partial charge in [0.1, 0.15) is 5.75 Å². The van der Waals surface area contributed by atoms with Crippen LogP contribution >= 0.6 is 0 Å². The van der Waals surface area contributed by atoms with E-state index < -0.39 is 0 Å². The normalized spacial score (nSPS) is 12.2. The van der Waals surface area contributed by atoms with E-state index in [1.807, 2.05) is 57.2 Å². The molecule has 0 aliphatic rings. The lowest BCUT2D eigenvalue weighted by Gasteiger charge is -2.13. The molecule has 2 aromatic rings. The molecule has 0 saturated carbocycles. The largest absolute Gasteiger partial charge is 0.491 e. The fourth-order valence-corrected chi connectivity index (χ4v) is 2.01. The molecule has 0 fully saturated rings. The minimum Gasteiger partial charge on any atom is -0.491 e. The molecule has 104 valence electrons. The Hall–Kier alpha value is -2.16. The Labute approximate surface area is 119 Å². The molecule has 1 unspecified atom stereocenters. The van der Waals surface area contributed by atoms with E-state index in [1.165, 1.54) is 0 Å². The molecule has 1 heterocycles. The van der Waals surface area contributed by atoms with Crippen molar-refractivity contribution in [1.82, 2.24) is 4.98 Å². The quantitative estimate of drug-likeness (QED) is 0.774. The molecule has 0 spiro atoms. The predicted molar refractivity (Wildman–Crippen MR) is 79.2 cm³/mol. The molecule has 0 amide bonds. The fourth-order valence-electron chi connectivity index (χ4n) is 2.01. The number of pyridine rings is 1. The highest BCUT2D eigenvalue weighted by atomic mass is 16.5. The van der Waals surface area contributed by atoms with Gasteiger partial charge in [-0.15, -0.1) is 0 Å². The summed E-state index contributed by atoms with van der Waals surface area (Å²) in [6.45, 7) is 5.80. The number of carbonyl (C=O) groups excluding carboxylic acids is 1. The molecule has 0 radical (unpaired) electrons. The van der Waals surface area contributed by atoms with E-state index in [0.29, 0.717) is 5.56 Å². The van der Waals surface area contributed by atoms with Gasteiger partial charge in [0.05, 0.1) is 17.7 Å². The van der Waals surface area contributed by atoms with Crippen LogP contribution in [0.1, 0.15) is 42.7 Å². The van der Waals surface area contributed by atoms with Crippen LogP contribution in [-0.4, -0.2) is 16.9 Å². The number of rotatable bonds is 5. The Bertz CT molecular complexity index is 579. The number of hydrogen-bond donors (Lipinski definition) is 0. The number of Topliss-reactive ketones (excluding diaryl/α,β-unsaturated/α-hetero) is 1. The van der Waals surface area contributed by atoms with E-state index in [9.17, 15) is 4.79 Å². The van der Waals surface area contributed by atoms with Gasteiger partial charge in [-0.2, -0.15) is 0 Å². The summed E-state index contributed by atoms with van der Waals surface area (Å²) in [5, 5.41) is 0. The van der Waals surface area contributed by atoms with Crippen LogP contribution in [-0.2, 0) is 0 Å². The van der Waals surface area contributed by atoms with Crippen LogP contribution in [0, 0.1) is 0 Å². The molecular formula is C17H19NO2. The summed E-state index contributed by atoms with van der Waals surface area (Å²) in [5.74, 6) is 0.516. The highest BCUT2D eigenvalue weighted by molar-refractivity contribution is 6.00. The number of benzene rings is 1. The van der Waals surface area contributed by atoms with Gasteiger partial charge in [-0.05, 0) is 45.0 Å². The Kier molecular flexibility index (Phi) is 4.51. The highest BCUT2D eigenvalue weighted by Gasteiger charge is 2.18. The summed E-state index contributed by atoms with van der Waals surface area (Å²) in [5.41, 5.74) is 1.44. The van der Waals surface area contributed by atoms with Gasteiger partial charge in [0.2, 0.25) is 0 Å². The topological polar surface area (TPSA) is 39.2 Å². The van der Waals surface area contributed by atoms with Crippen LogP contribution in [0.2, 0.25) is 0 Å². The number of ether oxygens (including phenoxy) is 1. The number of ketones is 1. The van der Waals surface area contributed by atoms with E-state index >= 15 is 0 Å². The molecule has 0 aliphatic heterocycles. The van der Waals surface area contributed by atoms with Crippen molar-refractivity contribution in [2.45, 2.75) is 32.8 Å². The van der Waals surface area contributed by atoms with Crippen LogP contribution in [0.25, 0.3) is 0 Å². The van der Waals surface area contributed by atoms with Crippen molar-refractivity contribution in [3.05, 3.63) is 59.9 Å². The molecule has 0 N–H and O–H groups in total. The average molecular weight is 269 g/mol. The molecule has 1 atom stereocenters. The van der Waals surface area contributed by atoms with Crippen molar-refractivity contribution in [2.75, 3.05) is 0 Å². The zero-order valence-corrected chi connectivity index (χ0v) is 12.0. The van der Waals surface area contributed by atoms with Gasteiger partial charge in [-0.25, -0.2) is 0 Å². The van der Waals surface area contributed by atoms with E-state index in [2.05, 4.69) is 4.98 Å². The minimum absolute atomic E-state index is 0.0536. The second kappa shape index (κ2) is 6.33. The second-order valence-corrected chi connectivity index (χ2v) is 5.03. The zero-order chi connectivity index (χ0) is 14.5. The lowest BCUT2D eigenvalue weighted by Crippen LogP contribution is -2.12. The van der Waals surface area contributed by atoms with Crippen LogP contribution in [0.3, 0.4) is 0 Å². The maximum Gasteiger partial charge on any atom is 0.171 e. The van der Waals surface area contributed by atoms with Crippen LogP contribution in [0.5, 0.6) is 5.75 Å². The smallest absolute Gasteiger partial charge is 0.171 e. The van der Waals surface area contributed by atoms with E-state index in [4.69, 9.17) is 4.74 Å². The van der Waals surface area contributed by atoms with Gasteiger partial charge in [0.25, 0.3) is 0 Å². The lowest BCUT2D eigenvalue weighted by molar-refractivity contribution is 0.0964. The molecule has 1 aromatic heterocycles. The summed E-state index contributed by atoms with van der Waals surface area (Å²) in [7, 11) is 0. The molecule has 0 aliphatic carbocycles. The maximum absolute atomic E-state index is 12.5. The zero-order valence-electron chi connectivity index (χ0n) is 12.0. The summed E-state index contributed by atoms with van der Waals surface area (Å²) in [6, 6.07) is 12.9. The third-order valence-corrected chi connectivity index (χ3v) is 3.02. The van der Waals surface area contributed by atoms with Crippen molar-refractivity contribution < 1.29 is 9.53 Å². The highest BCUT2D eigenvalue weighted by Crippen LogP contribution is 2.22. The van der Waals surface area contributed by atoms with Gasteiger partial charge in [-0.1, -0.05) is 18.2 Å². The van der Waals surface area contributed by atoms with Crippen LogP contribution in [0.15, 0.2) is 48.7 Å². The Morgan fingerprint density at radius 2 is 1.90 bits per heavy atom. The Morgan fingerprint density at radius 1 is 1.10 bits per heavy atom. The molecule has 1 aromatic carbocycles. The van der Waals surface area contributed by atoms with Crippen molar-refractivity contribution in [3.8, 4) is 5.75 Å². The molecule has 3 nitrogen and oxygen atoms in total. The molecule has 20 heavy (non-hydrogen) atoms. The first kappa shape index (κ1) is 14.3. The third kappa shape index (κ3) is 3.44.